The van der Waals surface area contributed by atoms with Gasteiger partial charge in [-0.2, -0.15) is 0 Å². The van der Waals surface area contributed by atoms with Gasteiger partial charge in [0.2, 0.25) is 5.91 Å². The maximum absolute atomic E-state index is 11.8. The van der Waals surface area contributed by atoms with Crippen LogP contribution in [0.4, 0.5) is 4.79 Å². The van der Waals surface area contributed by atoms with Crippen LogP contribution in [0.2, 0.25) is 0 Å². The fourth-order valence-electron chi connectivity index (χ4n) is 1.99. The van der Waals surface area contributed by atoms with Crippen LogP contribution >= 0.6 is 0 Å². The zero-order valence-corrected chi connectivity index (χ0v) is 12.7. The van der Waals surface area contributed by atoms with Crippen LogP contribution in [0.3, 0.4) is 0 Å². The van der Waals surface area contributed by atoms with Crippen LogP contribution < -0.4 is 25.4 Å². The molecule has 120 valence electrons. The predicted molar refractivity (Wildman–Crippen MR) is 81.0 cm³/mol. The molecule has 22 heavy (non-hydrogen) atoms. The number of ether oxygens (including phenoxy) is 2. The van der Waals surface area contributed by atoms with Crippen molar-refractivity contribution in [2.24, 2.45) is 0 Å². The Balaban J connectivity index is 1.76. The first-order valence-electron chi connectivity index (χ1n) is 7.30. The van der Waals surface area contributed by atoms with E-state index in [4.69, 9.17) is 9.47 Å². The highest BCUT2D eigenvalue weighted by atomic mass is 16.6. The lowest BCUT2D eigenvalue weighted by molar-refractivity contribution is -0.121. The Morgan fingerprint density at radius 1 is 1.32 bits per heavy atom. The Morgan fingerprint density at radius 3 is 2.77 bits per heavy atom. The number of nitrogens with one attached hydrogen (secondary N) is 3. The molecule has 1 aliphatic rings. The minimum Gasteiger partial charge on any atom is -0.486 e. The van der Waals surface area contributed by atoms with E-state index in [9.17, 15) is 9.59 Å². The number of benzene rings is 1. The van der Waals surface area contributed by atoms with Gasteiger partial charge in [0.1, 0.15) is 12.7 Å². The van der Waals surface area contributed by atoms with Gasteiger partial charge >= 0.3 is 6.03 Å². The second kappa shape index (κ2) is 7.65. The maximum atomic E-state index is 11.8. The van der Waals surface area contributed by atoms with E-state index in [1.165, 1.54) is 0 Å². The molecular weight excluding hydrogens is 286 g/mol. The number of hydrogen-bond acceptors (Lipinski definition) is 5. The van der Waals surface area contributed by atoms with E-state index in [1.54, 1.807) is 13.8 Å². The summed E-state index contributed by atoms with van der Waals surface area (Å²) in [5.74, 6) is 1.03. The van der Waals surface area contributed by atoms with Crippen LogP contribution in [0.15, 0.2) is 24.3 Å². The molecule has 2 rings (SSSR count). The second-order valence-corrected chi connectivity index (χ2v) is 4.98. The van der Waals surface area contributed by atoms with Gasteiger partial charge in [0.25, 0.3) is 0 Å². The molecular formula is C15H21N3O4. The molecule has 0 aliphatic carbocycles. The molecule has 3 N–H and O–H groups in total. The summed E-state index contributed by atoms with van der Waals surface area (Å²) in [5.41, 5.74) is 0. The second-order valence-electron chi connectivity index (χ2n) is 4.98. The van der Waals surface area contributed by atoms with E-state index >= 15 is 0 Å². The molecule has 1 aliphatic heterocycles. The lowest BCUT2D eigenvalue weighted by Gasteiger charge is -2.27. The van der Waals surface area contributed by atoms with Crippen molar-refractivity contribution in [3.8, 4) is 11.5 Å². The molecule has 0 saturated heterocycles. The van der Waals surface area contributed by atoms with Crippen molar-refractivity contribution in [2.45, 2.75) is 26.0 Å². The molecule has 1 aromatic carbocycles. The average molecular weight is 307 g/mol. The van der Waals surface area contributed by atoms with E-state index < -0.39 is 12.1 Å². The normalized spacial score (nSPS) is 17.5. The Hall–Kier alpha value is -2.28. The molecule has 0 bridgehead atoms. The smallest absolute Gasteiger partial charge is 0.321 e. The highest BCUT2D eigenvalue weighted by Gasteiger charge is 2.22. The first-order chi connectivity index (χ1) is 10.6. The lowest BCUT2D eigenvalue weighted by atomic mass is 10.2. The molecule has 7 heteroatoms. The summed E-state index contributed by atoms with van der Waals surface area (Å²) >= 11 is 0. The van der Waals surface area contributed by atoms with Crippen molar-refractivity contribution < 1.29 is 19.1 Å². The van der Waals surface area contributed by atoms with Crippen LogP contribution in [-0.2, 0) is 4.79 Å². The Morgan fingerprint density at radius 2 is 2.05 bits per heavy atom. The van der Waals surface area contributed by atoms with Crippen molar-refractivity contribution >= 4 is 11.9 Å². The number of urea groups is 1. The van der Waals surface area contributed by atoms with Gasteiger partial charge in [0, 0.05) is 13.1 Å². The first-order valence-corrected chi connectivity index (χ1v) is 7.30. The van der Waals surface area contributed by atoms with Crippen LogP contribution in [-0.4, -0.2) is 43.8 Å². The number of hydrogen-bond donors (Lipinski definition) is 3. The van der Waals surface area contributed by atoms with E-state index in [0.717, 1.165) is 5.75 Å². The van der Waals surface area contributed by atoms with Gasteiger partial charge in [-0.3, -0.25) is 10.1 Å². The largest absolute Gasteiger partial charge is 0.486 e. The third-order valence-electron chi connectivity index (χ3n) is 3.19. The standard InChI is InChI=1S/C15H21N3O4/c1-3-16-15(20)18-14(19)10(2)17-8-11-9-21-12-6-4-5-7-13(12)22-11/h4-7,10-11,17H,3,8-9H2,1-2H3,(H2,16,18,19,20)/t10-,11+/m1/s1. The molecule has 0 unspecified atom stereocenters. The first kappa shape index (κ1) is 16.1. The zero-order chi connectivity index (χ0) is 15.9. The van der Waals surface area contributed by atoms with Crippen molar-refractivity contribution in [1.82, 2.24) is 16.0 Å². The molecule has 0 aromatic heterocycles. The minimum absolute atomic E-state index is 0.186. The zero-order valence-electron chi connectivity index (χ0n) is 12.7. The third kappa shape index (κ3) is 4.36. The number of fused-ring (bicyclic) bond motifs is 1. The molecule has 3 amide bonds. The fourth-order valence-corrected chi connectivity index (χ4v) is 1.99. The monoisotopic (exact) mass is 307 g/mol. The highest BCUT2D eigenvalue weighted by molar-refractivity contribution is 5.96. The third-order valence-corrected chi connectivity index (χ3v) is 3.19. The summed E-state index contributed by atoms with van der Waals surface area (Å²) in [5, 5.41) is 7.80. The van der Waals surface area contributed by atoms with Gasteiger partial charge < -0.3 is 20.1 Å². The molecule has 1 aromatic rings. The average Bonchev–Trinajstić information content (AvgIpc) is 2.52. The van der Waals surface area contributed by atoms with Gasteiger partial charge in [-0.05, 0) is 26.0 Å². The predicted octanol–water partition coefficient (Wildman–Crippen LogP) is 0.650. The van der Waals surface area contributed by atoms with Crippen LogP contribution in [0.5, 0.6) is 11.5 Å². The summed E-state index contributed by atoms with van der Waals surface area (Å²) in [6.45, 7) is 4.79. The molecule has 7 nitrogen and oxygen atoms in total. The molecule has 0 radical (unpaired) electrons. The molecule has 0 saturated carbocycles. The Labute approximate surface area is 129 Å². The van der Waals surface area contributed by atoms with Gasteiger partial charge in [0.15, 0.2) is 11.5 Å². The summed E-state index contributed by atoms with van der Waals surface area (Å²) in [4.78, 5) is 23.1. The van der Waals surface area contributed by atoms with Gasteiger partial charge in [-0.25, -0.2) is 4.79 Å². The molecule has 0 spiro atoms. The van der Waals surface area contributed by atoms with Gasteiger partial charge in [-0.15, -0.1) is 0 Å². The van der Waals surface area contributed by atoms with E-state index in [-0.39, 0.29) is 12.0 Å². The van der Waals surface area contributed by atoms with Crippen LogP contribution in [0.25, 0.3) is 0 Å². The summed E-state index contributed by atoms with van der Waals surface area (Å²) in [7, 11) is 0. The SMILES string of the molecule is CCNC(=O)NC(=O)[C@@H](C)NC[C@H]1COc2ccccc2O1. The van der Waals surface area contributed by atoms with Crippen LogP contribution in [0.1, 0.15) is 13.8 Å². The topological polar surface area (TPSA) is 88.7 Å². The number of rotatable bonds is 5. The summed E-state index contributed by atoms with van der Waals surface area (Å²) in [6, 6.07) is 6.44. The van der Waals surface area contributed by atoms with E-state index in [1.807, 2.05) is 24.3 Å². The molecule has 1 heterocycles. The quantitative estimate of drug-likeness (QED) is 0.743. The summed E-state index contributed by atoms with van der Waals surface area (Å²) in [6.07, 6.45) is -0.186. The van der Waals surface area contributed by atoms with Crippen LogP contribution in [0, 0.1) is 0 Å². The van der Waals surface area contributed by atoms with Gasteiger partial charge in [-0.1, -0.05) is 12.1 Å². The Kier molecular flexibility index (Phi) is 5.60. The number of imide groups is 1. The number of carbonyl (C=O) groups excluding carboxylic acids is 2. The van der Waals surface area contributed by atoms with Crippen molar-refractivity contribution in [1.29, 1.82) is 0 Å². The van der Waals surface area contributed by atoms with Crippen molar-refractivity contribution in [3.63, 3.8) is 0 Å². The van der Waals surface area contributed by atoms with Crippen molar-refractivity contribution in [2.75, 3.05) is 19.7 Å². The maximum Gasteiger partial charge on any atom is 0.321 e. The fraction of sp³-hybridized carbons (Fsp3) is 0.467. The Bertz CT molecular complexity index is 535. The van der Waals surface area contributed by atoms with Gasteiger partial charge in [0.05, 0.1) is 6.04 Å². The molecule has 2 atom stereocenters. The highest BCUT2D eigenvalue weighted by Crippen LogP contribution is 2.30. The number of amides is 3. The van der Waals surface area contributed by atoms with Crippen molar-refractivity contribution in [3.05, 3.63) is 24.3 Å². The lowest BCUT2D eigenvalue weighted by Crippen LogP contribution is -2.50. The summed E-state index contributed by atoms with van der Waals surface area (Å²) < 4.78 is 11.4. The number of para-hydroxylation sites is 2. The number of carbonyl (C=O) groups is 2. The molecule has 0 fully saturated rings. The van der Waals surface area contributed by atoms with E-state index in [2.05, 4.69) is 16.0 Å². The van der Waals surface area contributed by atoms with E-state index in [0.29, 0.717) is 25.4 Å². The minimum atomic E-state index is -0.511.